The summed E-state index contributed by atoms with van der Waals surface area (Å²) in [6, 6.07) is 7.44. The number of halogens is 3. The zero-order valence-corrected chi connectivity index (χ0v) is 11.4. The maximum Gasteiger partial charge on any atom is 0.432 e. The molecule has 0 N–H and O–H groups in total. The van der Waals surface area contributed by atoms with E-state index in [1.54, 1.807) is 13.0 Å². The van der Waals surface area contributed by atoms with Crippen LogP contribution in [-0.2, 0) is 19.9 Å². The molecule has 0 bridgehead atoms. The minimum atomic E-state index is -4.57. The molecule has 1 aromatic rings. The molecule has 21 heavy (non-hydrogen) atoms. The van der Waals surface area contributed by atoms with E-state index in [2.05, 4.69) is 4.74 Å². The Kier molecular flexibility index (Phi) is 4.25. The maximum absolute atomic E-state index is 13.5. The van der Waals surface area contributed by atoms with Gasteiger partial charge in [-0.2, -0.15) is 13.2 Å². The van der Waals surface area contributed by atoms with Crippen LogP contribution < -0.4 is 0 Å². The predicted molar refractivity (Wildman–Crippen MR) is 69.2 cm³/mol. The molecule has 1 atom stereocenters. The van der Waals surface area contributed by atoms with Crippen molar-refractivity contribution >= 4 is 5.97 Å². The highest BCUT2D eigenvalue weighted by Gasteiger charge is 2.61. The first kappa shape index (κ1) is 15.4. The summed E-state index contributed by atoms with van der Waals surface area (Å²) in [7, 11) is 0. The highest BCUT2D eigenvalue weighted by atomic mass is 19.4. The van der Waals surface area contributed by atoms with Gasteiger partial charge in [-0.1, -0.05) is 30.3 Å². The van der Waals surface area contributed by atoms with E-state index < -0.39 is 17.7 Å². The number of ether oxygens (including phenoxy) is 2. The molecule has 1 fully saturated rings. The van der Waals surface area contributed by atoms with Crippen molar-refractivity contribution < 1.29 is 27.4 Å². The van der Waals surface area contributed by atoms with Crippen molar-refractivity contribution in [2.24, 2.45) is 0 Å². The molecular weight excluding hydrogens is 285 g/mol. The van der Waals surface area contributed by atoms with Crippen LogP contribution in [0.2, 0.25) is 0 Å². The van der Waals surface area contributed by atoms with Crippen molar-refractivity contribution in [2.75, 3.05) is 6.61 Å². The molecule has 1 unspecified atom stereocenters. The van der Waals surface area contributed by atoms with E-state index in [4.69, 9.17) is 4.74 Å². The van der Waals surface area contributed by atoms with Crippen molar-refractivity contribution in [3.63, 3.8) is 0 Å². The number of rotatable bonds is 3. The van der Waals surface area contributed by atoms with Gasteiger partial charge in [0, 0.05) is 18.4 Å². The van der Waals surface area contributed by atoms with Gasteiger partial charge in [0.25, 0.3) is 0 Å². The summed E-state index contributed by atoms with van der Waals surface area (Å²) in [5.74, 6) is -0.701. The van der Waals surface area contributed by atoms with Crippen molar-refractivity contribution in [1.29, 1.82) is 0 Å². The Morgan fingerprint density at radius 1 is 1.38 bits per heavy atom. The van der Waals surface area contributed by atoms with Gasteiger partial charge in [0.15, 0.2) is 0 Å². The third-order valence-corrected chi connectivity index (χ3v) is 3.29. The fourth-order valence-electron chi connectivity index (χ4n) is 2.32. The van der Waals surface area contributed by atoms with Crippen LogP contribution in [0.5, 0.6) is 0 Å². The van der Waals surface area contributed by atoms with Gasteiger partial charge in [-0.3, -0.25) is 0 Å². The summed E-state index contributed by atoms with van der Waals surface area (Å²) in [5, 5.41) is 0. The second-order valence-corrected chi connectivity index (χ2v) is 4.66. The molecule has 3 nitrogen and oxygen atoms in total. The first-order valence-electron chi connectivity index (χ1n) is 6.57. The Bertz CT molecular complexity index is 537. The molecule has 0 aromatic heterocycles. The fourth-order valence-corrected chi connectivity index (χ4v) is 2.32. The Balaban J connectivity index is 2.32. The number of esters is 1. The molecule has 2 rings (SSSR count). The second kappa shape index (κ2) is 5.79. The van der Waals surface area contributed by atoms with E-state index in [-0.39, 0.29) is 30.8 Å². The number of allylic oxidation sites excluding steroid dienone is 1. The molecule has 1 heterocycles. The molecule has 1 aliphatic rings. The first-order valence-corrected chi connectivity index (χ1v) is 6.57. The number of hydrogen-bond acceptors (Lipinski definition) is 3. The van der Waals surface area contributed by atoms with Gasteiger partial charge < -0.3 is 9.47 Å². The number of hydrogen-bond donors (Lipinski definition) is 0. The average Bonchev–Trinajstić information content (AvgIpc) is 2.85. The second-order valence-electron chi connectivity index (χ2n) is 4.66. The summed E-state index contributed by atoms with van der Waals surface area (Å²) < 4.78 is 50.3. The molecular formula is C15H15F3O3. The van der Waals surface area contributed by atoms with Crippen LogP contribution in [0.3, 0.4) is 0 Å². The van der Waals surface area contributed by atoms with Gasteiger partial charge in [-0.05, 0) is 6.92 Å². The monoisotopic (exact) mass is 300 g/mol. The first-order chi connectivity index (χ1) is 9.89. The van der Waals surface area contributed by atoms with E-state index in [1.165, 1.54) is 24.3 Å². The van der Waals surface area contributed by atoms with Crippen LogP contribution in [0.25, 0.3) is 0 Å². The topological polar surface area (TPSA) is 35.5 Å². The molecule has 1 saturated heterocycles. The van der Waals surface area contributed by atoms with Crippen LogP contribution in [-0.4, -0.2) is 18.8 Å². The Morgan fingerprint density at radius 3 is 2.62 bits per heavy atom. The summed E-state index contributed by atoms with van der Waals surface area (Å²) in [5.41, 5.74) is -2.36. The molecule has 0 radical (unpaired) electrons. The molecule has 0 aliphatic carbocycles. The summed E-state index contributed by atoms with van der Waals surface area (Å²) in [6.07, 6.45) is -3.81. The number of benzene rings is 1. The zero-order valence-electron chi connectivity index (χ0n) is 11.4. The van der Waals surface area contributed by atoms with E-state index in [9.17, 15) is 18.0 Å². The average molecular weight is 300 g/mol. The number of carbonyl (C=O) groups is 1. The summed E-state index contributed by atoms with van der Waals surface area (Å²) in [4.78, 5) is 11.3. The standard InChI is InChI=1S/C15H15F3O3/c1-2-20-13(19)10-12-8-9-14(21-12,15(16,17)18)11-6-4-3-5-7-11/h3-7,10H,2,8-9H2,1H3/b12-10+. The van der Waals surface area contributed by atoms with Gasteiger partial charge in [0.1, 0.15) is 5.76 Å². The predicted octanol–water partition coefficient (Wildman–Crippen LogP) is 3.70. The Labute approximate surface area is 120 Å². The van der Waals surface area contributed by atoms with Gasteiger partial charge in [-0.25, -0.2) is 4.79 Å². The molecule has 0 saturated carbocycles. The molecule has 114 valence electrons. The SMILES string of the molecule is CCOC(=O)/C=C1\CCC(c2ccccc2)(C(F)(F)F)O1. The highest BCUT2D eigenvalue weighted by molar-refractivity contribution is 5.82. The van der Waals surface area contributed by atoms with E-state index in [0.29, 0.717) is 0 Å². The lowest BCUT2D eigenvalue weighted by Crippen LogP contribution is -2.41. The van der Waals surface area contributed by atoms with Crippen molar-refractivity contribution in [3.8, 4) is 0 Å². The normalized spacial score (nSPS) is 23.9. The fraction of sp³-hybridized carbons (Fsp3) is 0.400. The van der Waals surface area contributed by atoms with E-state index in [0.717, 1.165) is 6.08 Å². The van der Waals surface area contributed by atoms with Crippen molar-refractivity contribution in [3.05, 3.63) is 47.7 Å². The third-order valence-electron chi connectivity index (χ3n) is 3.29. The van der Waals surface area contributed by atoms with Gasteiger partial charge in [0.2, 0.25) is 5.60 Å². The van der Waals surface area contributed by atoms with Crippen molar-refractivity contribution in [1.82, 2.24) is 0 Å². The minimum absolute atomic E-state index is 0.00497. The van der Waals surface area contributed by atoms with Crippen LogP contribution in [0, 0.1) is 0 Å². The zero-order chi connectivity index (χ0) is 15.5. The molecule has 1 aliphatic heterocycles. The lowest BCUT2D eigenvalue weighted by atomic mass is 9.90. The lowest BCUT2D eigenvalue weighted by molar-refractivity contribution is -0.261. The van der Waals surface area contributed by atoms with E-state index >= 15 is 0 Å². The van der Waals surface area contributed by atoms with E-state index in [1.807, 2.05) is 0 Å². The Hall–Kier alpha value is -1.98. The highest BCUT2D eigenvalue weighted by Crippen LogP contribution is 2.51. The molecule has 0 spiro atoms. The summed E-state index contributed by atoms with van der Waals surface area (Å²) in [6.45, 7) is 1.78. The van der Waals surface area contributed by atoms with Gasteiger partial charge in [0.05, 0.1) is 12.7 Å². The van der Waals surface area contributed by atoms with Crippen LogP contribution in [0.1, 0.15) is 25.3 Å². The maximum atomic E-state index is 13.5. The molecule has 6 heteroatoms. The van der Waals surface area contributed by atoms with Gasteiger partial charge in [-0.15, -0.1) is 0 Å². The van der Waals surface area contributed by atoms with Crippen LogP contribution in [0.15, 0.2) is 42.2 Å². The third kappa shape index (κ3) is 3.04. The van der Waals surface area contributed by atoms with Crippen LogP contribution >= 0.6 is 0 Å². The van der Waals surface area contributed by atoms with Gasteiger partial charge >= 0.3 is 12.1 Å². The smallest absolute Gasteiger partial charge is 0.432 e. The number of alkyl halides is 3. The minimum Gasteiger partial charge on any atom is -0.477 e. The van der Waals surface area contributed by atoms with Crippen molar-refractivity contribution in [2.45, 2.75) is 31.5 Å². The quantitative estimate of drug-likeness (QED) is 0.630. The Morgan fingerprint density at radius 2 is 2.05 bits per heavy atom. The largest absolute Gasteiger partial charge is 0.477 e. The lowest BCUT2D eigenvalue weighted by Gasteiger charge is -2.31. The van der Waals surface area contributed by atoms with Crippen LogP contribution in [0.4, 0.5) is 13.2 Å². The summed E-state index contributed by atoms with van der Waals surface area (Å²) >= 11 is 0. The molecule has 1 aromatic carbocycles. The number of carbonyl (C=O) groups excluding carboxylic acids is 1. The molecule has 0 amide bonds.